The minimum Gasteiger partial charge on any atom is -0.224 e. The molecular weight excluding hydrogens is 231 g/mol. The first-order valence-electron chi connectivity index (χ1n) is 3.46. The van der Waals surface area contributed by atoms with Crippen LogP contribution < -0.4 is 0 Å². The van der Waals surface area contributed by atoms with Gasteiger partial charge in [-0.3, -0.25) is 0 Å². The fraction of sp³-hybridized carbons (Fsp3) is 0.143. The largest absolute Gasteiger partial charge is 0.333 e. The summed E-state index contributed by atoms with van der Waals surface area (Å²) < 4.78 is 55.9. The van der Waals surface area contributed by atoms with Crippen molar-refractivity contribution in [2.24, 2.45) is 0 Å². The molecule has 0 bridgehead atoms. The van der Waals surface area contributed by atoms with Crippen LogP contribution in [0.4, 0.5) is 3.89 Å². The monoisotopic (exact) mass is 238 g/mol. The molecular formula is C7H7FO4S2. The fourth-order valence-corrected chi connectivity index (χ4v) is 3.02. The highest BCUT2D eigenvalue weighted by Crippen LogP contribution is 2.21. The second kappa shape index (κ2) is 3.32. The molecule has 0 amide bonds. The summed E-state index contributed by atoms with van der Waals surface area (Å²) in [5, 5.41) is 0. The van der Waals surface area contributed by atoms with E-state index in [4.69, 9.17) is 0 Å². The maximum absolute atomic E-state index is 12.6. The number of hydrogen-bond donors (Lipinski definition) is 0. The predicted molar refractivity (Wildman–Crippen MR) is 47.8 cm³/mol. The maximum Gasteiger partial charge on any atom is 0.333 e. The van der Waals surface area contributed by atoms with E-state index in [0.29, 0.717) is 0 Å². The molecule has 0 atom stereocenters. The van der Waals surface area contributed by atoms with Crippen molar-refractivity contribution in [1.82, 2.24) is 0 Å². The second-order valence-electron chi connectivity index (χ2n) is 2.66. The molecule has 0 unspecified atom stereocenters. The molecule has 14 heavy (non-hydrogen) atoms. The van der Waals surface area contributed by atoms with Crippen LogP contribution in [-0.4, -0.2) is 23.1 Å². The van der Waals surface area contributed by atoms with Gasteiger partial charge in [-0.1, -0.05) is 12.1 Å². The molecule has 0 radical (unpaired) electrons. The molecule has 0 aliphatic rings. The van der Waals surface area contributed by atoms with Crippen LogP contribution in [-0.2, 0) is 20.1 Å². The molecule has 0 saturated carbocycles. The molecule has 7 heteroatoms. The third-order valence-corrected chi connectivity index (χ3v) is 3.68. The highest BCUT2D eigenvalue weighted by molar-refractivity contribution is 7.92. The smallest absolute Gasteiger partial charge is 0.224 e. The van der Waals surface area contributed by atoms with Gasteiger partial charge in [0.2, 0.25) is 0 Å². The lowest BCUT2D eigenvalue weighted by atomic mass is 10.4. The Kier molecular flexibility index (Phi) is 2.64. The average Bonchev–Trinajstić information content (AvgIpc) is 2.01. The van der Waals surface area contributed by atoms with Gasteiger partial charge in [-0.15, -0.1) is 3.89 Å². The average molecular weight is 238 g/mol. The summed E-state index contributed by atoms with van der Waals surface area (Å²) in [6.07, 6.45) is 0.816. The highest BCUT2D eigenvalue weighted by Gasteiger charge is 2.22. The van der Waals surface area contributed by atoms with Gasteiger partial charge >= 0.3 is 10.2 Å². The Morgan fingerprint density at radius 3 is 1.71 bits per heavy atom. The van der Waals surface area contributed by atoms with Gasteiger partial charge in [-0.25, -0.2) is 8.42 Å². The van der Waals surface area contributed by atoms with E-state index in [2.05, 4.69) is 0 Å². The SMILES string of the molecule is CS(=O)(=O)c1ccccc1S(=O)(=O)F. The fourth-order valence-electron chi connectivity index (χ4n) is 0.958. The highest BCUT2D eigenvalue weighted by atomic mass is 32.3. The van der Waals surface area contributed by atoms with Crippen LogP contribution in [0.5, 0.6) is 0 Å². The zero-order valence-electron chi connectivity index (χ0n) is 7.14. The second-order valence-corrected chi connectivity index (χ2v) is 5.96. The van der Waals surface area contributed by atoms with E-state index in [1.54, 1.807) is 0 Å². The minimum atomic E-state index is -5.00. The number of hydrogen-bond acceptors (Lipinski definition) is 4. The molecule has 0 saturated heterocycles. The van der Waals surface area contributed by atoms with E-state index in [1.807, 2.05) is 0 Å². The molecule has 0 aliphatic heterocycles. The lowest BCUT2D eigenvalue weighted by Crippen LogP contribution is -2.04. The van der Waals surface area contributed by atoms with Crippen LogP contribution in [0, 0.1) is 0 Å². The molecule has 0 N–H and O–H groups in total. The van der Waals surface area contributed by atoms with Gasteiger partial charge in [0.05, 0.1) is 4.90 Å². The Morgan fingerprint density at radius 1 is 1.00 bits per heavy atom. The van der Waals surface area contributed by atoms with E-state index in [1.165, 1.54) is 12.1 Å². The third kappa shape index (κ3) is 2.30. The molecule has 0 aliphatic carbocycles. The molecule has 0 spiro atoms. The molecule has 78 valence electrons. The summed E-state index contributed by atoms with van der Waals surface area (Å²) >= 11 is 0. The van der Waals surface area contributed by atoms with Crippen LogP contribution in [0.15, 0.2) is 34.1 Å². The van der Waals surface area contributed by atoms with E-state index >= 15 is 0 Å². The lowest BCUT2D eigenvalue weighted by molar-refractivity contribution is 0.547. The number of benzene rings is 1. The molecule has 1 aromatic rings. The van der Waals surface area contributed by atoms with Crippen LogP contribution in [0.1, 0.15) is 0 Å². The van der Waals surface area contributed by atoms with Crippen molar-refractivity contribution >= 4 is 20.1 Å². The molecule has 0 fully saturated rings. The van der Waals surface area contributed by atoms with Crippen molar-refractivity contribution in [3.8, 4) is 0 Å². The van der Waals surface area contributed by atoms with E-state index in [-0.39, 0.29) is 0 Å². The summed E-state index contributed by atoms with van der Waals surface area (Å²) in [6, 6.07) is 4.53. The Bertz CT molecular complexity index is 494. The first kappa shape index (κ1) is 11.1. The predicted octanol–water partition coefficient (Wildman–Crippen LogP) is 0.748. The third-order valence-electron chi connectivity index (χ3n) is 1.51. The first-order chi connectivity index (χ1) is 6.23. The first-order valence-corrected chi connectivity index (χ1v) is 6.74. The summed E-state index contributed by atoms with van der Waals surface area (Å²) in [5.41, 5.74) is 0. The normalized spacial score (nSPS) is 12.7. The van der Waals surface area contributed by atoms with Gasteiger partial charge in [0, 0.05) is 6.26 Å². The summed E-state index contributed by atoms with van der Waals surface area (Å²) in [5.74, 6) is 0. The Balaban J connectivity index is 3.64. The van der Waals surface area contributed by atoms with E-state index in [0.717, 1.165) is 18.4 Å². The molecule has 0 aromatic heterocycles. The minimum absolute atomic E-state index is 0.525. The molecule has 4 nitrogen and oxygen atoms in total. The standard InChI is InChI=1S/C7H7FO4S2/c1-13(9,10)6-4-2-3-5-7(6)14(8,11)12/h2-5H,1H3. The van der Waals surface area contributed by atoms with Gasteiger partial charge < -0.3 is 0 Å². The van der Waals surface area contributed by atoms with Crippen molar-refractivity contribution in [1.29, 1.82) is 0 Å². The Hall–Kier alpha value is -0.950. The lowest BCUT2D eigenvalue weighted by Gasteiger charge is -2.02. The summed E-state index contributed by atoms with van der Waals surface area (Å²) in [4.78, 5) is -1.34. The van der Waals surface area contributed by atoms with Gasteiger partial charge in [0.1, 0.15) is 4.90 Å². The zero-order chi connectivity index (χ0) is 11.0. The number of sulfone groups is 1. The number of rotatable bonds is 2. The van der Waals surface area contributed by atoms with Gasteiger partial charge in [-0.2, -0.15) is 8.42 Å². The topological polar surface area (TPSA) is 68.3 Å². The van der Waals surface area contributed by atoms with Crippen molar-refractivity contribution in [2.75, 3.05) is 6.26 Å². The Labute approximate surface area is 81.5 Å². The quantitative estimate of drug-likeness (QED) is 0.713. The maximum atomic E-state index is 12.6. The zero-order valence-corrected chi connectivity index (χ0v) is 8.77. The molecule has 1 rings (SSSR count). The molecule has 1 aromatic carbocycles. The van der Waals surface area contributed by atoms with E-state index < -0.39 is 29.9 Å². The van der Waals surface area contributed by atoms with Crippen LogP contribution in [0.3, 0.4) is 0 Å². The van der Waals surface area contributed by atoms with Crippen LogP contribution in [0.2, 0.25) is 0 Å². The van der Waals surface area contributed by atoms with Crippen molar-refractivity contribution in [2.45, 2.75) is 9.79 Å². The van der Waals surface area contributed by atoms with Gasteiger partial charge in [-0.05, 0) is 12.1 Å². The van der Waals surface area contributed by atoms with Crippen LogP contribution in [0.25, 0.3) is 0 Å². The van der Waals surface area contributed by atoms with Crippen molar-refractivity contribution < 1.29 is 20.7 Å². The summed E-state index contributed by atoms with van der Waals surface area (Å²) in [6.45, 7) is 0. The van der Waals surface area contributed by atoms with Gasteiger partial charge in [0.15, 0.2) is 9.84 Å². The van der Waals surface area contributed by atoms with Gasteiger partial charge in [0.25, 0.3) is 0 Å². The summed E-state index contributed by atoms with van der Waals surface area (Å²) in [7, 11) is -8.73. The Morgan fingerprint density at radius 2 is 1.43 bits per heavy atom. The molecule has 0 heterocycles. The van der Waals surface area contributed by atoms with E-state index in [9.17, 15) is 20.7 Å². The van der Waals surface area contributed by atoms with Crippen molar-refractivity contribution in [3.05, 3.63) is 24.3 Å². The van der Waals surface area contributed by atoms with Crippen LogP contribution >= 0.6 is 0 Å². The van der Waals surface area contributed by atoms with Crippen molar-refractivity contribution in [3.63, 3.8) is 0 Å². The number of halogens is 1.